The number of aromatic nitrogens is 2. The van der Waals surface area contributed by atoms with E-state index in [1.54, 1.807) is 31.2 Å². The molecule has 1 heterocycles. The molecule has 1 fully saturated rings. The molecule has 0 unspecified atom stereocenters. The number of carbonyl (C=O) groups is 1. The van der Waals surface area contributed by atoms with Gasteiger partial charge in [0.2, 0.25) is 12.3 Å². The van der Waals surface area contributed by atoms with Crippen molar-refractivity contribution in [1.29, 1.82) is 5.26 Å². The average Bonchev–Trinajstić information content (AvgIpc) is 3.18. The summed E-state index contributed by atoms with van der Waals surface area (Å²) in [4.78, 5) is 12.4. The van der Waals surface area contributed by atoms with E-state index >= 15 is 0 Å². The molecule has 0 aliphatic heterocycles. The number of hydrogen-bond acceptors (Lipinski definition) is 6. The minimum atomic E-state index is -0.755. The Morgan fingerprint density at radius 2 is 2.04 bits per heavy atom. The topological polar surface area (TPSA) is 101 Å². The first kappa shape index (κ1) is 17.0. The molecule has 1 aromatic heterocycles. The van der Waals surface area contributed by atoms with Crippen LogP contribution in [0.5, 0.6) is 5.75 Å². The van der Waals surface area contributed by atoms with Crippen molar-refractivity contribution in [2.24, 2.45) is 0 Å². The van der Waals surface area contributed by atoms with Gasteiger partial charge in [-0.15, -0.1) is 10.2 Å². The van der Waals surface area contributed by atoms with Crippen LogP contribution in [0.4, 0.5) is 0 Å². The number of ether oxygens (including phenoxy) is 1. The monoisotopic (exact) mass is 340 g/mol. The van der Waals surface area contributed by atoms with E-state index in [1.807, 2.05) is 0 Å². The summed E-state index contributed by atoms with van der Waals surface area (Å²) in [5, 5.41) is 19.8. The van der Waals surface area contributed by atoms with Crippen molar-refractivity contribution in [3.05, 3.63) is 30.7 Å². The zero-order valence-corrected chi connectivity index (χ0v) is 14.1. The molecule has 0 bridgehead atoms. The van der Waals surface area contributed by atoms with Gasteiger partial charge in [-0.25, -0.2) is 0 Å². The van der Waals surface area contributed by atoms with Crippen LogP contribution in [-0.2, 0) is 4.79 Å². The van der Waals surface area contributed by atoms with Crippen molar-refractivity contribution in [2.75, 3.05) is 0 Å². The van der Waals surface area contributed by atoms with Crippen LogP contribution >= 0.6 is 0 Å². The van der Waals surface area contributed by atoms with Gasteiger partial charge in [-0.3, -0.25) is 4.79 Å². The Morgan fingerprint density at radius 3 is 2.64 bits per heavy atom. The second-order valence-corrected chi connectivity index (χ2v) is 6.27. The van der Waals surface area contributed by atoms with Crippen LogP contribution in [0.2, 0.25) is 0 Å². The predicted molar refractivity (Wildman–Crippen MR) is 89.4 cm³/mol. The number of hydrogen-bond donors (Lipinski definition) is 1. The number of carbonyl (C=O) groups excluding carboxylic acids is 1. The van der Waals surface area contributed by atoms with Crippen molar-refractivity contribution in [1.82, 2.24) is 15.5 Å². The Balaban J connectivity index is 1.60. The number of amides is 1. The number of rotatable bonds is 5. The number of benzene rings is 1. The van der Waals surface area contributed by atoms with Gasteiger partial charge in [0.15, 0.2) is 6.10 Å². The molecule has 1 amide bonds. The van der Waals surface area contributed by atoms with Gasteiger partial charge in [0.25, 0.3) is 5.91 Å². The van der Waals surface area contributed by atoms with Crippen molar-refractivity contribution < 1.29 is 13.9 Å². The summed E-state index contributed by atoms with van der Waals surface area (Å²) in [6, 6.07) is 9.33. The first-order chi connectivity index (χ1) is 12.1. The van der Waals surface area contributed by atoms with E-state index in [4.69, 9.17) is 9.15 Å². The third-order valence-corrected chi connectivity index (χ3v) is 4.43. The molecule has 0 saturated heterocycles. The maximum absolute atomic E-state index is 12.4. The summed E-state index contributed by atoms with van der Waals surface area (Å²) in [5.41, 5.74) is 0.0157. The Bertz CT molecular complexity index is 744. The Labute approximate surface area is 146 Å². The van der Waals surface area contributed by atoms with Gasteiger partial charge in [-0.05, 0) is 44.0 Å². The molecule has 7 heteroatoms. The van der Waals surface area contributed by atoms with Crippen LogP contribution in [0.15, 0.2) is 35.1 Å². The van der Waals surface area contributed by atoms with E-state index in [-0.39, 0.29) is 5.91 Å². The van der Waals surface area contributed by atoms with Crippen molar-refractivity contribution in [3.63, 3.8) is 0 Å². The molecule has 0 spiro atoms. The lowest BCUT2D eigenvalue weighted by atomic mass is 9.83. The third-order valence-electron chi connectivity index (χ3n) is 4.43. The Morgan fingerprint density at radius 1 is 1.32 bits per heavy atom. The molecule has 130 valence electrons. The smallest absolute Gasteiger partial charge is 0.262 e. The van der Waals surface area contributed by atoms with Crippen molar-refractivity contribution >= 4 is 5.91 Å². The van der Waals surface area contributed by atoms with Crippen molar-refractivity contribution in [3.8, 4) is 23.3 Å². The highest BCUT2D eigenvalue weighted by Gasteiger charge is 2.35. The van der Waals surface area contributed by atoms with E-state index in [1.165, 1.54) is 6.39 Å². The SMILES string of the molecule is C[C@H](Oc1ccc(-c2nnco2)cc1)C(=O)NC1(C#N)CCCCC1. The predicted octanol–water partition coefficient (Wildman–Crippen LogP) is 2.85. The van der Waals surface area contributed by atoms with Gasteiger partial charge >= 0.3 is 0 Å². The molecular weight excluding hydrogens is 320 g/mol. The van der Waals surface area contributed by atoms with Gasteiger partial charge in [-0.1, -0.05) is 19.3 Å². The lowest BCUT2D eigenvalue weighted by Crippen LogP contribution is -2.52. The van der Waals surface area contributed by atoms with E-state index in [0.29, 0.717) is 24.5 Å². The molecule has 7 nitrogen and oxygen atoms in total. The zero-order chi connectivity index (χ0) is 17.7. The Hall–Kier alpha value is -2.88. The summed E-state index contributed by atoms with van der Waals surface area (Å²) in [5.74, 6) is 0.704. The molecule has 0 radical (unpaired) electrons. The van der Waals surface area contributed by atoms with Crippen molar-refractivity contribution in [2.45, 2.75) is 50.7 Å². The molecule has 2 aromatic rings. The van der Waals surface area contributed by atoms with Crippen LogP contribution in [0.25, 0.3) is 11.5 Å². The molecular formula is C18H20N4O3. The number of nitrogens with one attached hydrogen (secondary N) is 1. The molecule has 3 rings (SSSR count). The second-order valence-electron chi connectivity index (χ2n) is 6.27. The minimum absolute atomic E-state index is 0.274. The maximum atomic E-state index is 12.4. The number of nitriles is 1. The largest absolute Gasteiger partial charge is 0.481 e. The summed E-state index contributed by atoms with van der Waals surface area (Å²) >= 11 is 0. The van der Waals surface area contributed by atoms with E-state index < -0.39 is 11.6 Å². The van der Waals surface area contributed by atoms with Crippen LogP contribution < -0.4 is 10.1 Å². The van der Waals surface area contributed by atoms with E-state index in [2.05, 4.69) is 21.6 Å². The zero-order valence-electron chi connectivity index (χ0n) is 14.1. The number of nitrogens with zero attached hydrogens (tertiary/aromatic N) is 3. The van der Waals surface area contributed by atoms with Gasteiger partial charge in [0, 0.05) is 5.56 Å². The van der Waals surface area contributed by atoms with Gasteiger partial charge < -0.3 is 14.5 Å². The van der Waals surface area contributed by atoms with Crippen LogP contribution in [-0.4, -0.2) is 27.7 Å². The fourth-order valence-corrected chi connectivity index (χ4v) is 2.99. The van der Waals surface area contributed by atoms with Gasteiger partial charge in [-0.2, -0.15) is 5.26 Å². The summed E-state index contributed by atoms with van der Waals surface area (Å²) < 4.78 is 10.8. The summed E-state index contributed by atoms with van der Waals surface area (Å²) in [6.45, 7) is 1.68. The first-order valence-electron chi connectivity index (χ1n) is 8.38. The molecule has 1 aliphatic rings. The normalized spacial score (nSPS) is 17.3. The Kier molecular flexibility index (Phi) is 4.98. The van der Waals surface area contributed by atoms with Gasteiger partial charge in [0.1, 0.15) is 11.3 Å². The fraction of sp³-hybridized carbons (Fsp3) is 0.444. The minimum Gasteiger partial charge on any atom is -0.481 e. The van der Waals surface area contributed by atoms with E-state index in [9.17, 15) is 10.1 Å². The van der Waals surface area contributed by atoms with E-state index in [0.717, 1.165) is 24.8 Å². The maximum Gasteiger partial charge on any atom is 0.262 e. The highest BCUT2D eigenvalue weighted by Crippen LogP contribution is 2.28. The standard InChI is InChI=1S/C18H20N4O3/c1-13(16(23)21-18(11-19)9-3-2-4-10-18)25-15-7-5-14(6-8-15)17-22-20-12-24-17/h5-8,12-13H,2-4,9-10H2,1H3,(H,21,23)/t13-/m0/s1. The van der Waals surface area contributed by atoms with Crippen LogP contribution in [0, 0.1) is 11.3 Å². The molecule has 1 aromatic carbocycles. The lowest BCUT2D eigenvalue weighted by molar-refractivity contribution is -0.129. The molecule has 1 aliphatic carbocycles. The van der Waals surface area contributed by atoms with Crippen LogP contribution in [0.3, 0.4) is 0 Å². The highest BCUT2D eigenvalue weighted by atomic mass is 16.5. The summed E-state index contributed by atoms with van der Waals surface area (Å²) in [7, 11) is 0. The fourth-order valence-electron chi connectivity index (χ4n) is 2.99. The molecule has 1 N–H and O–H groups in total. The van der Waals surface area contributed by atoms with Gasteiger partial charge in [0.05, 0.1) is 6.07 Å². The summed E-state index contributed by atoms with van der Waals surface area (Å²) in [6.07, 6.45) is 4.99. The molecule has 1 saturated carbocycles. The quantitative estimate of drug-likeness (QED) is 0.898. The molecule has 25 heavy (non-hydrogen) atoms. The molecule has 1 atom stereocenters. The van der Waals surface area contributed by atoms with Crippen LogP contribution in [0.1, 0.15) is 39.0 Å². The lowest BCUT2D eigenvalue weighted by Gasteiger charge is -2.32. The second kappa shape index (κ2) is 7.34. The highest BCUT2D eigenvalue weighted by molar-refractivity contribution is 5.82. The average molecular weight is 340 g/mol. The third kappa shape index (κ3) is 3.97. The first-order valence-corrected chi connectivity index (χ1v) is 8.38.